The Labute approximate surface area is 199 Å². The van der Waals surface area contributed by atoms with Crippen LogP contribution in [0.2, 0.25) is 0 Å². The Bertz CT molecular complexity index is 1220. The number of benzene rings is 3. The summed E-state index contributed by atoms with van der Waals surface area (Å²) in [4.78, 5) is 25.1. The van der Waals surface area contributed by atoms with Crippen molar-refractivity contribution in [3.63, 3.8) is 0 Å². The van der Waals surface area contributed by atoms with E-state index in [2.05, 4.69) is 26.6 Å². The van der Waals surface area contributed by atoms with E-state index in [-0.39, 0.29) is 16.9 Å². The number of hydrogen-bond acceptors (Lipinski definition) is 5. The Morgan fingerprint density at radius 1 is 1.06 bits per heavy atom. The van der Waals surface area contributed by atoms with E-state index in [0.717, 1.165) is 15.6 Å². The molecule has 0 saturated carbocycles. The van der Waals surface area contributed by atoms with Gasteiger partial charge in [-0.3, -0.25) is 20.2 Å². The van der Waals surface area contributed by atoms with E-state index in [1.165, 1.54) is 0 Å². The van der Waals surface area contributed by atoms with Crippen LogP contribution in [0, 0.1) is 10.1 Å². The van der Waals surface area contributed by atoms with Crippen molar-refractivity contribution in [2.24, 2.45) is 0 Å². The van der Waals surface area contributed by atoms with Gasteiger partial charge in [0.15, 0.2) is 5.54 Å². The van der Waals surface area contributed by atoms with E-state index >= 15 is 0 Å². The lowest BCUT2D eigenvalue weighted by Crippen LogP contribution is -2.54. The van der Waals surface area contributed by atoms with E-state index in [1.54, 1.807) is 18.2 Å². The van der Waals surface area contributed by atoms with Gasteiger partial charge in [-0.05, 0) is 48.4 Å². The maximum Gasteiger partial charge on any atom is 0.256 e. The molecule has 0 aromatic heterocycles. The molecule has 0 bridgehead atoms. The van der Waals surface area contributed by atoms with E-state index in [4.69, 9.17) is 4.74 Å². The van der Waals surface area contributed by atoms with Gasteiger partial charge in [-0.1, -0.05) is 58.4 Å². The molecule has 168 valence electrons. The molecule has 1 fully saturated rings. The third-order valence-electron chi connectivity index (χ3n) is 6.55. The number of carbonyl (C=O) groups excluding carboxylic acids is 1. The fourth-order valence-corrected chi connectivity index (χ4v) is 5.35. The number of ether oxygens (including phenoxy) is 1. The smallest absolute Gasteiger partial charge is 0.256 e. The highest BCUT2D eigenvalue weighted by molar-refractivity contribution is 9.10. The maximum absolute atomic E-state index is 13.1. The number of nitrogens with one attached hydrogen (secondary N) is 2. The van der Waals surface area contributed by atoms with Gasteiger partial charge in [0.2, 0.25) is 0 Å². The van der Waals surface area contributed by atoms with Gasteiger partial charge in [-0.25, -0.2) is 0 Å². The first kappa shape index (κ1) is 21.6. The van der Waals surface area contributed by atoms with Gasteiger partial charge in [-0.15, -0.1) is 0 Å². The monoisotopic (exact) mass is 507 g/mol. The van der Waals surface area contributed by atoms with Crippen molar-refractivity contribution in [1.82, 2.24) is 5.32 Å². The summed E-state index contributed by atoms with van der Waals surface area (Å²) in [5.41, 5.74) is 1.67. The Balaban J connectivity index is 1.42. The fourth-order valence-electron chi connectivity index (χ4n) is 5.09. The number of hydrogen-bond donors (Lipinski definition) is 2. The quantitative estimate of drug-likeness (QED) is 0.388. The van der Waals surface area contributed by atoms with Gasteiger partial charge in [0.05, 0.1) is 5.92 Å². The molecule has 2 aliphatic heterocycles. The van der Waals surface area contributed by atoms with Crippen LogP contribution in [0.4, 0.5) is 5.69 Å². The van der Waals surface area contributed by atoms with Crippen LogP contribution in [0.15, 0.2) is 77.3 Å². The predicted octanol–water partition coefficient (Wildman–Crippen LogP) is 4.60. The molecule has 2 N–H and O–H groups in total. The van der Waals surface area contributed by atoms with Crippen molar-refractivity contribution in [3.8, 4) is 5.75 Å². The Morgan fingerprint density at radius 3 is 2.45 bits per heavy atom. The van der Waals surface area contributed by atoms with Crippen LogP contribution in [0.3, 0.4) is 0 Å². The number of carbonyl (C=O) groups is 1. The number of para-hydroxylation sites is 1. The maximum atomic E-state index is 13.1. The van der Waals surface area contributed by atoms with Crippen LogP contribution in [0.25, 0.3) is 0 Å². The molecule has 4 atom stereocenters. The molecule has 0 radical (unpaired) electrons. The average Bonchev–Trinajstić information content (AvgIpc) is 3.27. The predicted molar refractivity (Wildman–Crippen MR) is 128 cm³/mol. The first-order chi connectivity index (χ1) is 15.9. The Morgan fingerprint density at radius 2 is 1.76 bits per heavy atom. The van der Waals surface area contributed by atoms with Gasteiger partial charge in [-0.2, -0.15) is 0 Å². The van der Waals surface area contributed by atoms with Gasteiger partial charge in [0, 0.05) is 26.7 Å². The second-order valence-corrected chi connectivity index (χ2v) is 9.40. The van der Waals surface area contributed by atoms with E-state index < -0.39 is 17.5 Å². The molecule has 8 heteroatoms. The standard InChI is InChI=1S/C25H22BrN3O4/c1-15-22(17-8-12-19(13-9-17)33-14-16-6-10-18(26)11-7-16)23(29(31)32)25(28-15)20-4-2-3-5-21(20)27-24(25)30/h2-13,15,22-23,28H,14H2,1H3,(H,27,30)/t15-,22-,23-,25-/m0/s1. The lowest BCUT2D eigenvalue weighted by Gasteiger charge is -2.25. The van der Waals surface area contributed by atoms with Crippen molar-refractivity contribution in [2.75, 3.05) is 5.32 Å². The lowest BCUT2D eigenvalue weighted by atomic mass is 9.78. The zero-order valence-electron chi connectivity index (χ0n) is 17.8. The molecule has 2 heterocycles. The van der Waals surface area contributed by atoms with E-state index in [0.29, 0.717) is 23.6 Å². The number of amides is 1. The second kappa shape index (κ2) is 8.28. The summed E-state index contributed by atoms with van der Waals surface area (Å²) in [6.07, 6.45) is 0. The lowest BCUT2D eigenvalue weighted by molar-refractivity contribution is -0.532. The average molecular weight is 508 g/mol. The van der Waals surface area contributed by atoms with Gasteiger partial charge < -0.3 is 10.1 Å². The molecule has 3 aromatic carbocycles. The second-order valence-electron chi connectivity index (χ2n) is 8.48. The van der Waals surface area contributed by atoms with E-state index in [1.807, 2.05) is 61.5 Å². The van der Waals surface area contributed by atoms with Crippen LogP contribution in [-0.4, -0.2) is 22.9 Å². The zero-order valence-corrected chi connectivity index (χ0v) is 19.4. The SMILES string of the molecule is C[C@@H]1N[C@]2(C(=O)Nc3ccccc32)[C@@H]([N+](=O)[O-])[C@@H]1c1ccc(OCc2ccc(Br)cc2)cc1. The molecule has 33 heavy (non-hydrogen) atoms. The number of nitro groups is 1. The molecule has 1 amide bonds. The molecule has 1 spiro atoms. The molecule has 3 aromatic rings. The number of rotatable bonds is 5. The molecule has 1 saturated heterocycles. The number of fused-ring (bicyclic) bond motifs is 2. The number of halogens is 1. The molecular formula is C25H22BrN3O4. The van der Waals surface area contributed by atoms with Gasteiger partial charge in [0.25, 0.3) is 11.9 Å². The minimum atomic E-state index is -1.40. The summed E-state index contributed by atoms with van der Waals surface area (Å²) >= 11 is 3.42. The van der Waals surface area contributed by atoms with Gasteiger partial charge in [0.1, 0.15) is 12.4 Å². The first-order valence-electron chi connectivity index (χ1n) is 10.7. The van der Waals surface area contributed by atoms with Crippen molar-refractivity contribution in [1.29, 1.82) is 0 Å². The van der Waals surface area contributed by atoms with Crippen LogP contribution >= 0.6 is 15.9 Å². The minimum Gasteiger partial charge on any atom is -0.489 e. The highest BCUT2D eigenvalue weighted by atomic mass is 79.9. The molecule has 2 aliphatic rings. The molecular weight excluding hydrogens is 486 g/mol. The summed E-state index contributed by atoms with van der Waals surface area (Å²) in [6.45, 7) is 2.31. The largest absolute Gasteiger partial charge is 0.489 e. The highest BCUT2D eigenvalue weighted by Crippen LogP contribution is 2.49. The Kier molecular flexibility index (Phi) is 5.42. The summed E-state index contributed by atoms with van der Waals surface area (Å²) in [7, 11) is 0. The topological polar surface area (TPSA) is 93.5 Å². The van der Waals surface area contributed by atoms with Crippen LogP contribution in [-0.2, 0) is 16.9 Å². The molecule has 0 aliphatic carbocycles. The van der Waals surface area contributed by atoms with Crippen molar-refractivity contribution >= 4 is 27.5 Å². The van der Waals surface area contributed by atoms with Gasteiger partial charge >= 0.3 is 0 Å². The first-order valence-corrected chi connectivity index (χ1v) is 11.5. The zero-order chi connectivity index (χ0) is 23.2. The summed E-state index contributed by atoms with van der Waals surface area (Å²) in [6, 6.07) is 21.0. The summed E-state index contributed by atoms with van der Waals surface area (Å²) < 4.78 is 6.88. The highest BCUT2D eigenvalue weighted by Gasteiger charge is 2.67. The van der Waals surface area contributed by atoms with Crippen LogP contribution < -0.4 is 15.4 Å². The van der Waals surface area contributed by atoms with Crippen molar-refractivity contribution in [3.05, 3.63) is 104 Å². The van der Waals surface area contributed by atoms with Crippen LogP contribution in [0.5, 0.6) is 5.75 Å². The van der Waals surface area contributed by atoms with Crippen molar-refractivity contribution in [2.45, 2.75) is 37.1 Å². The summed E-state index contributed by atoms with van der Waals surface area (Å²) in [5, 5.41) is 18.5. The number of nitrogens with zero attached hydrogens (tertiary/aromatic N) is 1. The number of anilines is 1. The third kappa shape index (κ3) is 3.59. The third-order valence-corrected chi connectivity index (χ3v) is 7.08. The normalized spacial score (nSPS) is 25.6. The fraction of sp³-hybridized carbons (Fsp3) is 0.240. The van der Waals surface area contributed by atoms with Crippen molar-refractivity contribution < 1.29 is 14.5 Å². The van der Waals surface area contributed by atoms with E-state index in [9.17, 15) is 14.9 Å². The summed E-state index contributed by atoms with van der Waals surface area (Å²) in [5.74, 6) is -0.191. The molecule has 5 rings (SSSR count). The minimum absolute atomic E-state index is 0.285. The molecule has 0 unspecified atom stereocenters. The Hall–Kier alpha value is -3.23. The van der Waals surface area contributed by atoms with Crippen LogP contribution in [0.1, 0.15) is 29.5 Å². The molecule has 7 nitrogen and oxygen atoms in total.